The molecule has 0 spiro atoms. The van der Waals surface area contributed by atoms with Crippen LogP contribution >= 0.6 is 58.6 Å². The molecule has 2 aromatic heterocycles. The average Bonchev–Trinajstić information content (AvgIpc) is 3.47. The zero-order valence-corrected chi connectivity index (χ0v) is 46.1. The summed E-state index contributed by atoms with van der Waals surface area (Å²) in [5.41, 5.74) is 7.97. The molecule has 0 radical (unpaired) electrons. The summed E-state index contributed by atoms with van der Waals surface area (Å²) >= 11 is 13.8. The number of hydrogen-bond donors (Lipinski definition) is 4. The highest BCUT2D eigenvalue weighted by Crippen LogP contribution is 2.54. The lowest BCUT2D eigenvalue weighted by atomic mass is 9.88. The van der Waals surface area contributed by atoms with Gasteiger partial charge in [-0.25, -0.2) is 0 Å². The molecule has 392 valence electrons. The predicted octanol–water partition coefficient (Wildman–Crippen LogP) is 12.0. The van der Waals surface area contributed by atoms with Crippen LogP contribution in [-0.2, 0) is 14.2 Å². The van der Waals surface area contributed by atoms with Crippen LogP contribution in [0.3, 0.4) is 0 Å². The van der Waals surface area contributed by atoms with Crippen molar-refractivity contribution in [3.63, 3.8) is 0 Å². The first-order chi connectivity index (χ1) is 36.8. The summed E-state index contributed by atoms with van der Waals surface area (Å²) in [5.74, 6) is 0. The molecule has 0 bridgehead atoms. The second-order valence-corrected chi connectivity index (χ2v) is 25.1. The van der Waals surface area contributed by atoms with E-state index in [9.17, 15) is 9.59 Å². The van der Waals surface area contributed by atoms with Gasteiger partial charge in [0.25, 0.3) is 0 Å². The Labute approximate surface area is 461 Å². The molecule has 13 rings (SSSR count). The number of rotatable bonds is 9. The Morgan fingerprint density at radius 1 is 0.480 bits per heavy atom. The van der Waals surface area contributed by atoms with Gasteiger partial charge in [0, 0.05) is 143 Å². The topological polar surface area (TPSA) is 127 Å². The van der Waals surface area contributed by atoms with Gasteiger partial charge < -0.3 is 44.6 Å². The van der Waals surface area contributed by atoms with Crippen molar-refractivity contribution in [1.29, 1.82) is 0 Å². The maximum Gasteiger partial charge on any atom is 0.250 e. The van der Waals surface area contributed by atoms with E-state index in [0.717, 1.165) is 105 Å². The minimum absolute atomic E-state index is 0.0701. The fraction of sp³-hybridized carbons (Fsp3) is 0.414. The number of aromatic amines is 2. The summed E-state index contributed by atoms with van der Waals surface area (Å²) in [6.07, 6.45) is 9.76. The molecule has 5 aliphatic heterocycles. The van der Waals surface area contributed by atoms with Crippen molar-refractivity contribution in [3.8, 4) is 22.5 Å². The van der Waals surface area contributed by atoms with Crippen molar-refractivity contribution in [2.75, 3.05) is 99.3 Å². The SMILES string of the molecule is O=c1cc(N2CCOCC2)cc(-c2cccc3c2Sc2ccc(NC4CCCCC4Cl)cc2S3)[nH]1.O=c1cc(N2CCOCC2)cc(-c2cccc3c2Sc2ccc(NC4CCCCC4N4CCOCC4)cc2S3)[nH]1. The zero-order valence-electron chi connectivity index (χ0n) is 42.1. The fourth-order valence-corrected chi connectivity index (χ4v) is 16.6. The Bertz CT molecular complexity index is 3120. The number of halogens is 1. The number of fused-ring (bicyclic) bond motifs is 4. The number of H-pyrrole nitrogens is 2. The maximum absolute atomic E-state index is 12.7. The highest BCUT2D eigenvalue weighted by Gasteiger charge is 2.32. The minimum Gasteiger partial charge on any atom is -0.381 e. The number of morpholine rings is 3. The van der Waals surface area contributed by atoms with Crippen molar-refractivity contribution in [2.45, 2.75) is 114 Å². The Hall–Kier alpha value is -4.49. The Balaban J connectivity index is 0.000000153. The van der Waals surface area contributed by atoms with Crippen LogP contribution < -0.4 is 31.6 Å². The van der Waals surface area contributed by atoms with E-state index < -0.39 is 0 Å². The van der Waals surface area contributed by atoms with Gasteiger partial charge in [0.15, 0.2) is 0 Å². The van der Waals surface area contributed by atoms with Crippen LogP contribution in [0.1, 0.15) is 51.4 Å². The lowest BCUT2D eigenvalue weighted by Crippen LogP contribution is -2.52. The highest BCUT2D eigenvalue weighted by molar-refractivity contribution is 8.05. The summed E-state index contributed by atoms with van der Waals surface area (Å²) < 4.78 is 16.6. The molecule has 4 N–H and O–H groups in total. The van der Waals surface area contributed by atoms with E-state index in [-0.39, 0.29) is 16.5 Å². The molecule has 4 atom stereocenters. The highest BCUT2D eigenvalue weighted by atomic mass is 35.5. The van der Waals surface area contributed by atoms with E-state index in [2.05, 4.69) is 120 Å². The van der Waals surface area contributed by atoms with Gasteiger partial charge in [-0.3, -0.25) is 14.5 Å². The van der Waals surface area contributed by atoms with Crippen LogP contribution in [0.2, 0.25) is 0 Å². The van der Waals surface area contributed by atoms with Gasteiger partial charge in [-0.05, 0) is 86.3 Å². The van der Waals surface area contributed by atoms with Gasteiger partial charge in [0.1, 0.15) is 0 Å². The van der Waals surface area contributed by atoms with Crippen LogP contribution in [0.4, 0.5) is 22.7 Å². The number of nitrogens with zero attached hydrogens (tertiary/aromatic N) is 3. The molecule has 6 aromatic rings. The minimum atomic E-state index is -0.0773. The van der Waals surface area contributed by atoms with Crippen molar-refractivity contribution in [2.24, 2.45) is 0 Å². The second kappa shape index (κ2) is 23.6. The summed E-state index contributed by atoms with van der Waals surface area (Å²) in [5, 5.41) is 7.80. The molecule has 0 amide bonds. The van der Waals surface area contributed by atoms with Gasteiger partial charge in [0.05, 0.1) is 56.4 Å². The van der Waals surface area contributed by atoms with Crippen LogP contribution in [0.5, 0.6) is 0 Å². The largest absolute Gasteiger partial charge is 0.381 e. The zero-order chi connectivity index (χ0) is 50.7. The normalized spacial score (nSPS) is 22.6. The summed E-state index contributed by atoms with van der Waals surface area (Å²) in [7, 11) is 0. The fourth-order valence-electron chi connectivity index (χ4n) is 11.5. The van der Waals surface area contributed by atoms with Crippen LogP contribution in [0, 0.1) is 0 Å². The molecule has 7 aliphatic rings. The summed E-state index contributed by atoms with van der Waals surface area (Å²) in [6.45, 7) is 9.76. The van der Waals surface area contributed by atoms with E-state index in [1.807, 2.05) is 11.8 Å². The van der Waals surface area contributed by atoms with Crippen LogP contribution in [0.15, 0.2) is 146 Å². The van der Waals surface area contributed by atoms with Gasteiger partial charge in [0.2, 0.25) is 11.1 Å². The number of hydrogen-bond acceptors (Lipinski definition) is 14. The quantitative estimate of drug-likeness (QED) is 0.102. The Kier molecular flexibility index (Phi) is 16.2. The maximum atomic E-state index is 12.7. The molecule has 4 aromatic carbocycles. The number of pyridine rings is 2. The third-order valence-electron chi connectivity index (χ3n) is 15.3. The van der Waals surface area contributed by atoms with Crippen LogP contribution in [0.25, 0.3) is 22.5 Å². The first-order valence-electron chi connectivity index (χ1n) is 26.7. The number of nitrogens with one attached hydrogen (secondary N) is 4. The van der Waals surface area contributed by atoms with Crippen molar-refractivity contribution in [1.82, 2.24) is 14.9 Å². The molecular weight excluding hydrogens is 1040 g/mol. The second-order valence-electron chi connectivity index (χ2n) is 20.2. The number of ether oxygens (including phenoxy) is 3. The molecule has 4 unspecified atom stereocenters. The molecule has 3 saturated heterocycles. The third-order valence-corrected chi connectivity index (χ3v) is 21.0. The lowest BCUT2D eigenvalue weighted by molar-refractivity contribution is 0.00560. The lowest BCUT2D eigenvalue weighted by Gasteiger charge is -2.42. The standard InChI is InChI=1S/C31H36N4O3S2.C27H28ClN3O2S2/c36-30-20-22(34-10-14-37-15-11-34)19-25(33-30)23-4-3-7-28-31(23)40-27-9-8-21(18-29(27)39-28)32-24-5-1-2-6-26(24)35-12-16-38-17-13-35;28-20-5-1-2-6-21(20)29-17-8-9-23-25(14-17)34-24-7-3-4-19(27(24)35-23)22-15-18(16-26(32)30-22)31-10-12-33-13-11-31/h3-4,7-9,18-20,24,26,32H,1-2,5-6,10-17H2,(H,33,36);3-4,7-9,14-16,20-21,29H,1-2,5-6,10-13H2,(H,30,32). The first-order valence-corrected chi connectivity index (χ1v) is 30.4. The summed E-state index contributed by atoms with van der Waals surface area (Å²) in [6, 6.07) is 35.2. The number of anilines is 4. The van der Waals surface area contributed by atoms with Gasteiger partial charge in [-0.15, -0.1) is 11.6 Å². The molecule has 17 heteroatoms. The molecular formula is C58H64ClN7O5S4. The number of benzene rings is 4. The van der Waals surface area contributed by atoms with E-state index in [1.165, 1.54) is 83.4 Å². The average molecular weight is 1100 g/mol. The monoisotopic (exact) mass is 1100 g/mol. The molecule has 2 saturated carbocycles. The van der Waals surface area contributed by atoms with Crippen molar-refractivity contribution in [3.05, 3.63) is 118 Å². The van der Waals surface area contributed by atoms with Crippen molar-refractivity contribution >= 4 is 81.4 Å². The van der Waals surface area contributed by atoms with Gasteiger partial charge in [-0.1, -0.05) is 97.0 Å². The van der Waals surface area contributed by atoms with Crippen molar-refractivity contribution < 1.29 is 14.2 Å². The van der Waals surface area contributed by atoms with E-state index in [4.69, 9.17) is 25.8 Å². The van der Waals surface area contributed by atoms with Gasteiger partial charge in [-0.2, -0.15) is 0 Å². The molecule has 75 heavy (non-hydrogen) atoms. The predicted molar refractivity (Wildman–Crippen MR) is 308 cm³/mol. The van der Waals surface area contributed by atoms with E-state index in [0.29, 0.717) is 44.6 Å². The number of alkyl halides is 1. The van der Waals surface area contributed by atoms with Gasteiger partial charge >= 0.3 is 0 Å². The number of aromatic nitrogens is 2. The van der Waals surface area contributed by atoms with E-state index >= 15 is 0 Å². The summed E-state index contributed by atoms with van der Waals surface area (Å²) in [4.78, 5) is 48.4. The Morgan fingerprint density at radius 2 is 0.947 bits per heavy atom. The molecule has 2 aliphatic carbocycles. The smallest absolute Gasteiger partial charge is 0.250 e. The first kappa shape index (κ1) is 51.3. The third kappa shape index (κ3) is 11.8. The van der Waals surface area contributed by atoms with Crippen LogP contribution in [-0.4, -0.2) is 117 Å². The molecule has 5 fully saturated rings. The molecule has 12 nitrogen and oxygen atoms in total. The van der Waals surface area contributed by atoms with E-state index in [1.54, 1.807) is 47.4 Å². The Morgan fingerprint density at radius 3 is 1.47 bits per heavy atom. The molecule has 7 heterocycles.